The number of aromatic nitrogens is 2. The second kappa shape index (κ2) is 11.8. The first kappa shape index (κ1) is 27.6. The van der Waals surface area contributed by atoms with E-state index < -0.39 is 11.8 Å². The van der Waals surface area contributed by atoms with Gasteiger partial charge in [0, 0.05) is 12.6 Å². The molecule has 212 valence electrons. The SMILES string of the molecule is Cc1ccc(Oc2c(C=C3C(=O)NC(=S)N(c4ccc(Oc5ccccc5)cc4)C3=O)c(-c3ccccc3)nn2C)cc1. The van der Waals surface area contributed by atoms with E-state index in [0.29, 0.717) is 40.1 Å². The van der Waals surface area contributed by atoms with Gasteiger partial charge in [0.25, 0.3) is 11.8 Å². The Balaban J connectivity index is 1.38. The highest BCUT2D eigenvalue weighted by molar-refractivity contribution is 7.80. The third-order valence-electron chi connectivity index (χ3n) is 6.78. The molecule has 1 N–H and O–H groups in total. The molecule has 0 atom stereocenters. The van der Waals surface area contributed by atoms with Gasteiger partial charge in [-0.05, 0) is 73.7 Å². The molecule has 5 aromatic rings. The molecular formula is C34H26N4O4S. The molecule has 1 aromatic heterocycles. The molecule has 8 nitrogen and oxygen atoms in total. The number of hydrogen-bond acceptors (Lipinski definition) is 6. The number of carbonyl (C=O) groups excluding carboxylic acids is 2. The van der Waals surface area contributed by atoms with Crippen molar-refractivity contribution in [3.8, 4) is 34.4 Å². The summed E-state index contributed by atoms with van der Waals surface area (Å²) in [6, 6.07) is 33.4. The number of nitrogens with one attached hydrogen (secondary N) is 1. The molecule has 0 radical (unpaired) electrons. The molecule has 0 saturated carbocycles. The van der Waals surface area contributed by atoms with E-state index in [1.807, 2.05) is 91.9 Å². The normalized spacial score (nSPS) is 14.1. The van der Waals surface area contributed by atoms with Crippen LogP contribution in [-0.4, -0.2) is 26.7 Å². The lowest BCUT2D eigenvalue weighted by Gasteiger charge is -2.29. The van der Waals surface area contributed by atoms with E-state index in [-0.39, 0.29) is 10.7 Å². The van der Waals surface area contributed by atoms with Crippen LogP contribution in [0.1, 0.15) is 11.1 Å². The van der Waals surface area contributed by atoms with Gasteiger partial charge in [0.2, 0.25) is 5.88 Å². The lowest BCUT2D eigenvalue weighted by atomic mass is 10.0. The van der Waals surface area contributed by atoms with Crippen molar-refractivity contribution in [1.29, 1.82) is 0 Å². The van der Waals surface area contributed by atoms with E-state index in [9.17, 15) is 9.59 Å². The Morgan fingerprint density at radius 1 is 0.767 bits per heavy atom. The molecule has 1 aliphatic heterocycles. The Morgan fingerprint density at radius 2 is 1.35 bits per heavy atom. The zero-order valence-corrected chi connectivity index (χ0v) is 24.2. The van der Waals surface area contributed by atoms with E-state index in [2.05, 4.69) is 5.32 Å². The highest BCUT2D eigenvalue weighted by Crippen LogP contribution is 2.36. The average Bonchev–Trinajstić information content (AvgIpc) is 3.32. The number of carbonyl (C=O) groups is 2. The van der Waals surface area contributed by atoms with Crippen molar-refractivity contribution in [3.63, 3.8) is 0 Å². The number of para-hydroxylation sites is 1. The molecule has 0 bridgehead atoms. The Morgan fingerprint density at radius 3 is 2.02 bits per heavy atom. The van der Waals surface area contributed by atoms with Crippen molar-refractivity contribution in [2.45, 2.75) is 6.92 Å². The minimum absolute atomic E-state index is 0.0190. The topological polar surface area (TPSA) is 85.7 Å². The van der Waals surface area contributed by atoms with Crippen molar-refractivity contribution in [2.75, 3.05) is 4.90 Å². The van der Waals surface area contributed by atoms with E-state index in [1.54, 1.807) is 36.0 Å². The van der Waals surface area contributed by atoms with Crippen molar-refractivity contribution >= 4 is 40.9 Å². The molecule has 1 aliphatic rings. The summed E-state index contributed by atoms with van der Waals surface area (Å²) in [7, 11) is 1.75. The van der Waals surface area contributed by atoms with E-state index in [4.69, 9.17) is 26.8 Å². The Labute approximate surface area is 253 Å². The van der Waals surface area contributed by atoms with Crippen LogP contribution in [0.4, 0.5) is 5.69 Å². The number of anilines is 1. The average molecular weight is 587 g/mol. The van der Waals surface area contributed by atoms with Crippen LogP contribution >= 0.6 is 12.2 Å². The summed E-state index contributed by atoms with van der Waals surface area (Å²) in [4.78, 5) is 28.4. The fraction of sp³-hybridized carbons (Fsp3) is 0.0588. The number of nitrogens with zero attached hydrogens (tertiary/aromatic N) is 3. The second-order valence-corrected chi connectivity index (χ2v) is 10.2. The van der Waals surface area contributed by atoms with Crippen LogP contribution in [0.5, 0.6) is 23.1 Å². The standard InChI is InChI=1S/C34H26N4O4S/c1-22-13-17-27(18-14-22)42-33-28(30(36-37(33)2)23-9-5-3-6-10-23)21-29-31(39)35-34(43)38(32(29)40)24-15-19-26(20-16-24)41-25-11-7-4-8-12-25/h3-21H,1-2H3,(H,35,39,43). The molecule has 0 unspecified atom stereocenters. The summed E-state index contributed by atoms with van der Waals surface area (Å²) in [5, 5.41) is 7.33. The van der Waals surface area contributed by atoms with Crippen LogP contribution in [0, 0.1) is 6.92 Å². The summed E-state index contributed by atoms with van der Waals surface area (Å²) < 4.78 is 13.7. The zero-order chi connectivity index (χ0) is 29.9. The van der Waals surface area contributed by atoms with Crippen LogP contribution in [0.2, 0.25) is 0 Å². The first-order valence-corrected chi connectivity index (χ1v) is 13.9. The van der Waals surface area contributed by atoms with Gasteiger partial charge >= 0.3 is 0 Å². The summed E-state index contributed by atoms with van der Waals surface area (Å²) in [5.74, 6) is 1.05. The van der Waals surface area contributed by atoms with Gasteiger partial charge in [-0.25, -0.2) is 4.68 Å². The van der Waals surface area contributed by atoms with Crippen LogP contribution in [0.15, 0.2) is 115 Å². The molecule has 1 saturated heterocycles. The number of thiocarbonyl (C=S) groups is 1. The van der Waals surface area contributed by atoms with Crippen molar-refractivity contribution in [2.24, 2.45) is 7.05 Å². The molecule has 2 amide bonds. The van der Waals surface area contributed by atoms with Crippen LogP contribution in [0.3, 0.4) is 0 Å². The highest BCUT2D eigenvalue weighted by Gasteiger charge is 2.35. The van der Waals surface area contributed by atoms with Gasteiger partial charge in [-0.3, -0.25) is 19.8 Å². The quantitative estimate of drug-likeness (QED) is 0.128. The maximum absolute atomic E-state index is 13.9. The van der Waals surface area contributed by atoms with Crippen LogP contribution in [-0.2, 0) is 16.6 Å². The van der Waals surface area contributed by atoms with Gasteiger partial charge < -0.3 is 9.47 Å². The zero-order valence-electron chi connectivity index (χ0n) is 23.4. The number of aryl methyl sites for hydroxylation is 2. The molecular weight excluding hydrogens is 560 g/mol. The predicted molar refractivity (Wildman–Crippen MR) is 169 cm³/mol. The second-order valence-electron chi connectivity index (χ2n) is 9.84. The number of amides is 2. The largest absolute Gasteiger partial charge is 0.457 e. The molecule has 4 aromatic carbocycles. The van der Waals surface area contributed by atoms with Crippen molar-refractivity contribution in [1.82, 2.24) is 15.1 Å². The summed E-state index contributed by atoms with van der Waals surface area (Å²) in [5.41, 5.74) is 3.29. The van der Waals surface area contributed by atoms with Gasteiger partial charge in [0.05, 0.1) is 11.3 Å². The molecule has 1 fully saturated rings. The third kappa shape index (κ3) is 5.79. The van der Waals surface area contributed by atoms with Crippen LogP contribution in [0.25, 0.3) is 17.3 Å². The van der Waals surface area contributed by atoms with E-state index in [0.717, 1.165) is 11.1 Å². The fourth-order valence-electron chi connectivity index (χ4n) is 4.63. The molecule has 43 heavy (non-hydrogen) atoms. The molecule has 2 heterocycles. The predicted octanol–water partition coefficient (Wildman–Crippen LogP) is 6.81. The van der Waals surface area contributed by atoms with E-state index in [1.165, 1.54) is 11.0 Å². The van der Waals surface area contributed by atoms with Gasteiger partial charge in [-0.15, -0.1) is 0 Å². The third-order valence-corrected chi connectivity index (χ3v) is 7.06. The molecule has 0 spiro atoms. The summed E-state index contributed by atoms with van der Waals surface area (Å²) in [6.07, 6.45) is 1.51. The minimum atomic E-state index is -0.612. The molecule has 0 aliphatic carbocycles. The summed E-state index contributed by atoms with van der Waals surface area (Å²) >= 11 is 5.42. The van der Waals surface area contributed by atoms with Gasteiger partial charge in [0.15, 0.2) is 5.11 Å². The number of rotatable bonds is 7. The van der Waals surface area contributed by atoms with Crippen molar-refractivity contribution in [3.05, 3.63) is 126 Å². The first-order chi connectivity index (χ1) is 20.9. The van der Waals surface area contributed by atoms with E-state index >= 15 is 0 Å². The Kier molecular flexibility index (Phi) is 7.55. The Hall–Kier alpha value is -5.54. The van der Waals surface area contributed by atoms with Gasteiger partial charge in [-0.1, -0.05) is 66.2 Å². The highest BCUT2D eigenvalue weighted by atomic mass is 32.1. The summed E-state index contributed by atoms with van der Waals surface area (Å²) in [6.45, 7) is 1.99. The van der Waals surface area contributed by atoms with Crippen molar-refractivity contribution < 1.29 is 19.1 Å². The molecule has 9 heteroatoms. The number of ether oxygens (including phenoxy) is 2. The maximum Gasteiger partial charge on any atom is 0.270 e. The smallest absolute Gasteiger partial charge is 0.270 e. The Bertz CT molecular complexity index is 1850. The monoisotopic (exact) mass is 586 g/mol. The fourth-order valence-corrected chi connectivity index (χ4v) is 4.91. The minimum Gasteiger partial charge on any atom is -0.457 e. The van der Waals surface area contributed by atoms with Crippen LogP contribution < -0.4 is 19.7 Å². The number of benzene rings is 4. The lowest BCUT2D eigenvalue weighted by molar-refractivity contribution is -0.122. The van der Waals surface area contributed by atoms with Gasteiger partial charge in [0.1, 0.15) is 28.5 Å². The number of hydrogen-bond donors (Lipinski definition) is 1. The molecule has 6 rings (SSSR count). The van der Waals surface area contributed by atoms with Gasteiger partial charge in [-0.2, -0.15) is 5.10 Å². The first-order valence-electron chi connectivity index (χ1n) is 13.5. The lowest BCUT2D eigenvalue weighted by Crippen LogP contribution is -2.54. The maximum atomic E-state index is 13.9.